The molecule has 0 aliphatic rings. The van der Waals surface area contributed by atoms with Crippen LogP contribution in [0.1, 0.15) is 11.9 Å². The van der Waals surface area contributed by atoms with Crippen LogP contribution in [0.25, 0.3) is 0 Å². The molecular weight excluding hydrogens is 146 g/mol. The van der Waals surface area contributed by atoms with Crippen molar-refractivity contribution in [2.75, 3.05) is 0 Å². The Labute approximate surface area is 64.2 Å². The average Bonchev–Trinajstić information content (AvgIpc) is 2.40. The molecule has 0 aliphatic heterocycles. The van der Waals surface area contributed by atoms with Gasteiger partial charge in [0.2, 0.25) is 0 Å². The number of hydrazine groups is 1. The van der Waals surface area contributed by atoms with Crippen LogP contribution in [0.2, 0.25) is 0 Å². The highest BCUT2D eigenvalue weighted by atomic mass is 32.1. The van der Waals surface area contributed by atoms with Crippen molar-refractivity contribution in [2.24, 2.45) is 5.84 Å². The van der Waals surface area contributed by atoms with Crippen LogP contribution in [0.3, 0.4) is 0 Å². The van der Waals surface area contributed by atoms with Gasteiger partial charge in [0, 0.05) is 24.0 Å². The molecule has 4 heteroatoms. The highest BCUT2D eigenvalue weighted by Gasteiger charge is 2.01. The zero-order chi connectivity index (χ0) is 7.40. The number of aromatic nitrogens is 1. The second-order valence-corrected chi connectivity index (χ2v) is 3.18. The summed E-state index contributed by atoms with van der Waals surface area (Å²) in [6, 6.07) is 0.311. The average molecular weight is 157 g/mol. The first-order chi connectivity index (χ1) is 4.83. The normalized spacial score (nSPS) is 13.4. The van der Waals surface area contributed by atoms with Gasteiger partial charge >= 0.3 is 0 Å². The lowest BCUT2D eigenvalue weighted by Gasteiger charge is -2.05. The van der Waals surface area contributed by atoms with Gasteiger partial charge in [0.1, 0.15) is 0 Å². The molecule has 3 nitrogen and oxygen atoms in total. The highest BCUT2D eigenvalue weighted by Crippen LogP contribution is 2.05. The first kappa shape index (κ1) is 7.65. The van der Waals surface area contributed by atoms with Crippen molar-refractivity contribution in [1.82, 2.24) is 10.4 Å². The number of rotatable bonds is 3. The minimum atomic E-state index is 0.311. The number of nitrogens with two attached hydrogens (primary N) is 1. The maximum atomic E-state index is 5.22. The smallest absolute Gasteiger partial charge is 0.0940 e. The Morgan fingerprint density at radius 1 is 1.90 bits per heavy atom. The molecule has 1 aromatic rings. The second-order valence-electron chi connectivity index (χ2n) is 2.20. The quantitative estimate of drug-likeness (QED) is 0.497. The van der Waals surface area contributed by atoms with Crippen LogP contribution >= 0.6 is 11.3 Å². The summed E-state index contributed by atoms with van der Waals surface area (Å²) >= 11 is 1.66. The topological polar surface area (TPSA) is 50.9 Å². The minimum Gasteiger partial charge on any atom is -0.271 e. The fraction of sp³-hybridized carbons (Fsp3) is 0.500. The molecule has 1 rings (SSSR count). The van der Waals surface area contributed by atoms with Crippen molar-refractivity contribution in [2.45, 2.75) is 19.4 Å². The van der Waals surface area contributed by atoms with E-state index in [2.05, 4.69) is 10.4 Å². The van der Waals surface area contributed by atoms with E-state index in [0.29, 0.717) is 6.04 Å². The Bertz CT molecular complexity index is 173. The van der Waals surface area contributed by atoms with E-state index in [1.165, 1.54) is 0 Å². The molecule has 1 unspecified atom stereocenters. The SMILES string of the molecule is CC(Cc1nccs1)NN. The predicted octanol–water partition coefficient (Wildman–Crippen LogP) is 0.537. The van der Waals surface area contributed by atoms with Crippen molar-refractivity contribution in [1.29, 1.82) is 0 Å². The van der Waals surface area contributed by atoms with Gasteiger partial charge in [0.15, 0.2) is 0 Å². The molecule has 0 fully saturated rings. The summed E-state index contributed by atoms with van der Waals surface area (Å²) in [5.74, 6) is 5.22. The third-order valence-corrected chi connectivity index (χ3v) is 2.05. The Kier molecular flexibility index (Phi) is 2.80. The first-order valence-electron chi connectivity index (χ1n) is 3.17. The molecule has 0 bridgehead atoms. The van der Waals surface area contributed by atoms with Crippen LogP contribution in [0, 0.1) is 0 Å². The van der Waals surface area contributed by atoms with Crippen molar-refractivity contribution in [3.05, 3.63) is 16.6 Å². The zero-order valence-corrected chi connectivity index (χ0v) is 6.69. The minimum absolute atomic E-state index is 0.311. The summed E-state index contributed by atoms with van der Waals surface area (Å²) in [6.45, 7) is 2.03. The lowest BCUT2D eigenvalue weighted by Crippen LogP contribution is -2.33. The fourth-order valence-electron chi connectivity index (χ4n) is 0.675. The molecule has 0 radical (unpaired) electrons. The van der Waals surface area contributed by atoms with Crippen molar-refractivity contribution in [3.63, 3.8) is 0 Å². The van der Waals surface area contributed by atoms with Crippen LogP contribution in [0.15, 0.2) is 11.6 Å². The van der Waals surface area contributed by atoms with E-state index < -0.39 is 0 Å². The predicted molar refractivity (Wildman–Crippen MR) is 42.6 cm³/mol. The molecule has 10 heavy (non-hydrogen) atoms. The van der Waals surface area contributed by atoms with Crippen molar-refractivity contribution >= 4 is 11.3 Å². The van der Waals surface area contributed by atoms with E-state index in [1.807, 2.05) is 18.5 Å². The van der Waals surface area contributed by atoms with Crippen molar-refractivity contribution in [3.8, 4) is 0 Å². The summed E-state index contributed by atoms with van der Waals surface area (Å²) in [4.78, 5) is 4.13. The molecule has 0 saturated carbocycles. The van der Waals surface area contributed by atoms with Gasteiger partial charge in [-0.05, 0) is 6.92 Å². The molecule has 1 atom stereocenters. The van der Waals surface area contributed by atoms with E-state index in [0.717, 1.165) is 11.4 Å². The summed E-state index contributed by atoms with van der Waals surface area (Å²) in [5, 5.41) is 3.10. The molecule has 0 spiro atoms. The largest absolute Gasteiger partial charge is 0.271 e. The maximum Gasteiger partial charge on any atom is 0.0940 e. The van der Waals surface area contributed by atoms with Gasteiger partial charge < -0.3 is 0 Å². The van der Waals surface area contributed by atoms with Gasteiger partial charge in [-0.2, -0.15) is 0 Å². The van der Waals surface area contributed by atoms with E-state index in [-0.39, 0.29) is 0 Å². The molecular formula is C6H11N3S. The van der Waals surface area contributed by atoms with Crippen LogP contribution in [-0.2, 0) is 6.42 Å². The van der Waals surface area contributed by atoms with Gasteiger partial charge in [-0.1, -0.05) is 0 Å². The number of thiazole rings is 1. The molecule has 0 aromatic carbocycles. The number of nitrogens with zero attached hydrogens (tertiary/aromatic N) is 1. The van der Waals surface area contributed by atoms with Crippen LogP contribution < -0.4 is 11.3 Å². The number of hydrogen-bond donors (Lipinski definition) is 2. The fourth-order valence-corrected chi connectivity index (χ4v) is 1.42. The second kappa shape index (κ2) is 3.65. The first-order valence-corrected chi connectivity index (χ1v) is 4.05. The Morgan fingerprint density at radius 2 is 2.70 bits per heavy atom. The van der Waals surface area contributed by atoms with E-state index in [4.69, 9.17) is 5.84 Å². The Morgan fingerprint density at radius 3 is 3.20 bits per heavy atom. The Balaban J connectivity index is 2.40. The standard InChI is InChI=1S/C6H11N3S/c1-5(9-7)4-6-8-2-3-10-6/h2-3,5,9H,4,7H2,1H3. The molecule has 1 heterocycles. The number of nitrogens with one attached hydrogen (secondary N) is 1. The monoisotopic (exact) mass is 157 g/mol. The van der Waals surface area contributed by atoms with Gasteiger partial charge in [-0.25, -0.2) is 4.98 Å². The lowest BCUT2D eigenvalue weighted by atomic mass is 10.3. The van der Waals surface area contributed by atoms with Gasteiger partial charge in [0.25, 0.3) is 0 Å². The van der Waals surface area contributed by atoms with Crippen molar-refractivity contribution < 1.29 is 0 Å². The number of hydrogen-bond acceptors (Lipinski definition) is 4. The molecule has 0 amide bonds. The van der Waals surface area contributed by atoms with Crippen LogP contribution in [-0.4, -0.2) is 11.0 Å². The highest BCUT2D eigenvalue weighted by molar-refractivity contribution is 7.09. The van der Waals surface area contributed by atoms with Gasteiger partial charge in [0.05, 0.1) is 5.01 Å². The third kappa shape index (κ3) is 2.06. The maximum absolute atomic E-state index is 5.22. The lowest BCUT2D eigenvalue weighted by molar-refractivity contribution is 0.566. The van der Waals surface area contributed by atoms with Crippen LogP contribution in [0.5, 0.6) is 0 Å². The Hall–Kier alpha value is -0.450. The van der Waals surface area contributed by atoms with E-state index >= 15 is 0 Å². The summed E-state index contributed by atoms with van der Waals surface area (Å²) in [7, 11) is 0. The summed E-state index contributed by atoms with van der Waals surface area (Å²) < 4.78 is 0. The summed E-state index contributed by atoms with van der Waals surface area (Å²) in [6.07, 6.45) is 2.72. The third-order valence-electron chi connectivity index (χ3n) is 1.25. The van der Waals surface area contributed by atoms with Gasteiger partial charge in [-0.3, -0.25) is 11.3 Å². The summed E-state index contributed by atoms with van der Waals surface area (Å²) in [5.41, 5.74) is 2.67. The molecule has 0 saturated heterocycles. The molecule has 56 valence electrons. The van der Waals surface area contributed by atoms with Crippen LogP contribution in [0.4, 0.5) is 0 Å². The van der Waals surface area contributed by atoms with Gasteiger partial charge in [-0.15, -0.1) is 11.3 Å². The molecule has 0 aliphatic carbocycles. The van der Waals surface area contributed by atoms with E-state index in [1.54, 1.807) is 11.3 Å². The molecule has 1 aromatic heterocycles. The van der Waals surface area contributed by atoms with E-state index in [9.17, 15) is 0 Å². The molecule has 3 N–H and O–H groups in total. The zero-order valence-electron chi connectivity index (χ0n) is 5.87.